The smallest absolute Gasteiger partial charge is 0.242 e. The summed E-state index contributed by atoms with van der Waals surface area (Å²) in [5.74, 6) is -0.0125. The number of hydrazine groups is 1. The zero-order valence-corrected chi connectivity index (χ0v) is 12.8. The summed E-state index contributed by atoms with van der Waals surface area (Å²) < 4.78 is 0. The number of nitrogens with zero attached hydrogens (tertiary/aromatic N) is 1. The molecule has 1 saturated heterocycles. The van der Waals surface area contributed by atoms with Gasteiger partial charge >= 0.3 is 0 Å². The molecule has 1 aromatic carbocycles. The SMILES string of the molecule is Cc1cccc(C)c1NC(=O)C1CC(c2ccncc2)NN1. The second-order valence-electron chi connectivity index (χ2n) is 5.67. The van der Waals surface area contributed by atoms with Gasteiger partial charge in [-0.05, 0) is 49.1 Å². The summed E-state index contributed by atoms with van der Waals surface area (Å²) in [6, 6.07) is 9.80. The lowest BCUT2D eigenvalue weighted by molar-refractivity contribution is -0.117. The number of carbonyl (C=O) groups excluding carboxylic acids is 1. The molecule has 0 saturated carbocycles. The molecule has 1 aromatic heterocycles. The molecule has 114 valence electrons. The van der Waals surface area contributed by atoms with E-state index in [9.17, 15) is 4.79 Å². The van der Waals surface area contributed by atoms with E-state index < -0.39 is 0 Å². The molecule has 22 heavy (non-hydrogen) atoms. The molecular weight excluding hydrogens is 276 g/mol. The van der Waals surface area contributed by atoms with Crippen molar-refractivity contribution >= 4 is 11.6 Å². The van der Waals surface area contributed by atoms with E-state index in [-0.39, 0.29) is 18.0 Å². The second kappa shape index (κ2) is 6.25. The van der Waals surface area contributed by atoms with E-state index >= 15 is 0 Å². The molecule has 2 unspecified atom stereocenters. The minimum Gasteiger partial charge on any atom is -0.324 e. The standard InChI is InChI=1S/C17H20N4O/c1-11-4-3-5-12(2)16(11)19-17(22)15-10-14(20-21-15)13-6-8-18-9-7-13/h3-9,14-15,20-21H,10H2,1-2H3,(H,19,22). The van der Waals surface area contributed by atoms with Crippen LogP contribution < -0.4 is 16.2 Å². The van der Waals surface area contributed by atoms with E-state index in [2.05, 4.69) is 21.2 Å². The van der Waals surface area contributed by atoms with Gasteiger partial charge in [0.1, 0.15) is 6.04 Å². The number of anilines is 1. The maximum Gasteiger partial charge on any atom is 0.242 e. The largest absolute Gasteiger partial charge is 0.324 e. The number of amides is 1. The molecule has 1 aliphatic heterocycles. The van der Waals surface area contributed by atoms with Gasteiger partial charge < -0.3 is 5.32 Å². The molecule has 0 bridgehead atoms. The number of pyridine rings is 1. The average Bonchev–Trinajstić information content (AvgIpc) is 3.02. The van der Waals surface area contributed by atoms with Crippen molar-refractivity contribution in [2.45, 2.75) is 32.4 Å². The minimum atomic E-state index is -0.253. The molecule has 2 atom stereocenters. The van der Waals surface area contributed by atoms with Crippen LogP contribution in [0.25, 0.3) is 0 Å². The van der Waals surface area contributed by atoms with Crippen LogP contribution in [0, 0.1) is 13.8 Å². The Morgan fingerprint density at radius 2 is 1.82 bits per heavy atom. The Morgan fingerprint density at radius 3 is 2.50 bits per heavy atom. The third kappa shape index (κ3) is 3.00. The fourth-order valence-electron chi connectivity index (χ4n) is 2.76. The van der Waals surface area contributed by atoms with E-state index in [4.69, 9.17) is 0 Å². The Morgan fingerprint density at radius 1 is 1.14 bits per heavy atom. The highest BCUT2D eigenvalue weighted by molar-refractivity contribution is 5.96. The fourth-order valence-corrected chi connectivity index (χ4v) is 2.76. The molecule has 1 fully saturated rings. The van der Waals surface area contributed by atoms with Gasteiger partial charge in [0, 0.05) is 24.1 Å². The van der Waals surface area contributed by atoms with Crippen LogP contribution in [-0.2, 0) is 4.79 Å². The molecule has 0 radical (unpaired) electrons. The molecule has 3 N–H and O–H groups in total. The maximum absolute atomic E-state index is 12.5. The molecule has 1 amide bonds. The van der Waals surface area contributed by atoms with Crippen molar-refractivity contribution in [3.8, 4) is 0 Å². The molecule has 5 heteroatoms. The Labute approximate surface area is 130 Å². The van der Waals surface area contributed by atoms with Crippen LogP contribution in [0.5, 0.6) is 0 Å². The van der Waals surface area contributed by atoms with Crippen molar-refractivity contribution in [2.24, 2.45) is 0 Å². The molecule has 2 aromatic rings. The summed E-state index contributed by atoms with van der Waals surface area (Å²) in [6.07, 6.45) is 4.24. The van der Waals surface area contributed by atoms with E-state index in [1.54, 1.807) is 12.4 Å². The summed E-state index contributed by atoms with van der Waals surface area (Å²) in [5.41, 5.74) is 10.4. The van der Waals surface area contributed by atoms with Crippen LogP contribution in [0.3, 0.4) is 0 Å². The number of para-hydroxylation sites is 1. The number of rotatable bonds is 3. The topological polar surface area (TPSA) is 66.0 Å². The van der Waals surface area contributed by atoms with Gasteiger partial charge in [0.2, 0.25) is 5.91 Å². The van der Waals surface area contributed by atoms with Gasteiger partial charge in [-0.25, -0.2) is 10.9 Å². The van der Waals surface area contributed by atoms with Gasteiger partial charge in [-0.3, -0.25) is 9.78 Å². The molecule has 5 nitrogen and oxygen atoms in total. The molecule has 1 aliphatic rings. The predicted molar refractivity (Wildman–Crippen MR) is 86.2 cm³/mol. The van der Waals surface area contributed by atoms with Gasteiger partial charge in [0.05, 0.1) is 0 Å². The monoisotopic (exact) mass is 296 g/mol. The number of hydrogen-bond acceptors (Lipinski definition) is 4. The Hall–Kier alpha value is -2.24. The Balaban J connectivity index is 1.67. The predicted octanol–water partition coefficient (Wildman–Crippen LogP) is 2.24. The highest BCUT2D eigenvalue weighted by Crippen LogP contribution is 2.24. The number of hydrogen-bond donors (Lipinski definition) is 3. The summed E-state index contributed by atoms with van der Waals surface area (Å²) in [5, 5.41) is 3.04. The number of carbonyl (C=O) groups is 1. The lowest BCUT2D eigenvalue weighted by Gasteiger charge is -2.14. The van der Waals surface area contributed by atoms with E-state index in [0.29, 0.717) is 6.42 Å². The molecule has 0 aliphatic carbocycles. The highest BCUT2D eigenvalue weighted by Gasteiger charge is 2.30. The van der Waals surface area contributed by atoms with Crippen LogP contribution in [0.15, 0.2) is 42.7 Å². The van der Waals surface area contributed by atoms with Gasteiger partial charge in [0.25, 0.3) is 0 Å². The van der Waals surface area contributed by atoms with Crippen LogP contribution in [0.1, 0.15) is 29.2 Å². The number of nitrogens with one attached hydrogen (secondary N) is 3. The van der Waals surface area contributed by atoms with Gasteiger partial charge in [-0.1, -0.05) is 18.2 Å². The van der Waals surface area contributed by atoms with Crippen molar-refractivity contribution in [3.05, 3.63) is 59.4 Å². The lowest BCUT2D eigenvalue weighted by Crippen LogP contribution is -2.39. The van der Waals surface area contributed by atoms with Crippen molar-refractivity contribution in [3.63, 3.8) is 0 Å². The highest BCUT2D eigenvalue weighted by atomic mass is 16.2. The first kappa shape index (κ1) is 14.7. The van der Waals surface area contributed by atoms with E-state index in [0.717, 1.165) is 22.4 Å². The molecular formula is C17H20N4O. The second-order valence-corrected chi connectivity index (χ2v) is 5.67. The molecule has 2 heterocycles. The van der Waals surface area contributed by atoms with Crippen molar-refractivity contribution < 1.29 is 4.79 Å². The zero-order valence-electron chi connectivity index (χ0n) is 12.8. The molecule has 0 spiro atoms. The first-order valence-corrected chi connectivity index (χ1v) is 7.43. The zero-order chi connectivity index (χ0) is 15.5. The van der Waals surface area contributed by atoms with Crippen molar-refractivity contribution in [1.29, 1.82) is 0 Å². The van der Waals surface area contributed by atoms with Gasteiger partial charge in [0.15, 0.2) is 0 Å². The van der Waals surface area contributed by atoms with Gasteiger partial charge in [-0.15, -0.1) is 0 Å². The van der Waals surface area contributed by atoms with E-state index in [1.807, 2.05) is 44.2 Å². The Bertz CT molecular complexity index is 651. The lowest BCUT2D eigenvalue weighted by atomic mass is 10.0. The maximum atomic E-state index is 12.5. The molecule has 3 rings (SSSR count). The number of aromatic nitrogens is 1. The quantitative estimate of drug-likeness (QED) is 0.813. The number of aryl methyl sites for hydroxylation is 2. The minimum absolute atomic E-state index is 0.0125. The van der Waals surface area contributed by atoms with Crippen molar-refractivity contribution in [2.75, 3.05) is 5.32 Å². The van der Waals surface area contributed by atoms with Crippen LogP contribution in [0.2, 0.25) is 0 Å². The first-order valence-electron chi connectivity index (χ1n) is 7.43. The summed E-state index contributed by atoms with van der Waals surface area (Å²) >= 11 is 0. The van der Waals surface area contributed by atoms with Crippen LogP contribution in [-0.4, -0.2) is 16.9 Å². The van der Waals surface area contributed by atoms with Crippen LogP contribution in [0.4, 0.5) is 5.69 Å². The van der Waals surface area contributed by atoms with Gasteiger partial charge in [-0.2, -0.15) is 0 Å². The fraction of sp³-hybridized carbons (Fsp3) is 0.294. The third-order valence-electron chi connectivity index (χ3n) is 4.06. The van der Waals surface area contributed by atoms with Crippen molar-refractivity contribution in [1.82, 2.24) is 15.8 Å². The normalized spacial score (nSPS) is 20.8. The third-order valence-corrected chi connectivity index (χ3v) is 4.06. The Kier molecular flexibility index (Phi) is 4.18. The summed E-state index contributed by atoms with van der Waals surface area (Å²) in [4.78, 5) is 16.5. The van der Waals surface area contributed by atoms with E-state index in [1.165, 1.54) is 0 Å². The van der Waals surface area contributed by atoms with Crippen LogP contribution >= 0.6 is 0 Å². The average molecular weight is 296 g/mol. The summed E-state index contributed by atoms with van der Waals surface area (Å²) in [7, 11) is 0. The number of benzene rings is 1. The first-order chi connectivity index (χ1) is 10.6. The summed E-state index contributed by atoms with van der Waals surface area (Å²) in [6.45, 7) is 4.01.